The molecule has 0 bridgehead atoms. The Morgan fingerprint density at radius 2 is 1.40 bits per heavy atom. The number of hydrogen-bond acceptors (Lipinski definition) is 4. The summed E-state index contributed by atoms with van der Waals surface area (Å²) in [5.74, 6) is -0.619. The zero-order chi connectivity index (χ0) is 11.4. The fourth-order valence-electron chi connectivity index (χ4n) is 1.95. The van der Waals surface area contributed by atoms with Gasteiger partial charge in [0.15, 0.2) is 0 Å². The highest BCUT2D eigenvalue weighted by molar-refractivity contribution is 5.96. The highest BCUT2D eigenvalue weighted by Gasteiger charge is 2.44. The quantitative estimate of drug-likeness (QED) is 0.450. The van der Waals surface area contributed by atoms with Crippen molar-refractivity contribution >= 4 is 17.7 Å². The lowest BCUT2D eigenvalue weighted by molar-refractivity contribution is -0.153. The summed E-state index contributed by atoms with van der Waals surface area (Å²) < 4.78 is 4.53. The third-order valence-electron chi connectivity index (χ3n) is 2.57. The van der Waals surface area contributed by atoms with Crippen molar-refractivity contribution in [3.05, 3.63) is 0 Å². The van der Waals surface area contributed by atoms with Crippen molar-refractivity contribution < 1.29 is 19.1 Å². The van der Waals surface area contributed by atoms with Crippen LogP contribution in [0, 0.1) is 11.8 Å². The molecule has 0 amide bonds. The second-order valence-electron chi connectivity index (χ2n) is 4.15. The van der Waals surface area contributed by atoms with Crippen LogP contribution in [-0.2, 0) is 19.1 Å². The first-order valence-corrected chi connectivity index (χ1v) is 5.25. The van der Waals surface area contributed by atoms with E-state index in [2.05, 4.69) is 4.74 Å². The Labute approximate surface area is 89.0 Å². The maximum absolute atomic E-state index is 11.0. The number of Topliss-reactive ketones (excluding diaryl/α,β-unsaturated/α-hetero) is 1. The molecule has 0 N–H and O–H groups in total. The van der Waals surface area contributed by atoms with Crippen LogP contribution in [0.15, 0.2) is 0 Å². The number of ether oxygens (including phenoxy) is 1. The van der Waals surface area contributed by atoms with E-state index in [4.69, 9.17) is 0 Å². The lowest BCUT2D eigenvalue weighted by Crippen LogP contribution is -2.21. The van der Waals surface area contributed by atoms with Gasteiger partial charge in [0.1, 0.15) is 5.78 Å². The van der Waals surface area contributed by atoms with Gasteiger partial charge in [-0.15, -0.1) is 0 Å². The molecule has 4 heteroatoms. The van der Waals surface area contributed by atoms with Gasteiger partial charge in [0.2, 0.25) is 0 Å². The average Bonchev–Trinajstić information content (AvgIpc) is 2.43. The van der Waals surface area contributed by atoms with Gasteiger partial charge in [0, 0.05) is 0 Å². The molecular weight excluding hydrogens is 196 g/mol. The topological polar surface area (TPSA) is 60.4 Å². The second-order valence-corrected chi connectivity index (χ2v) is 4.15. The molecule has 2 fully saturated rings. The molecule has 15 heavy (non-hydrogen) atoms. The van der Waals surface area contributed by atoms with Crippen LogP contribution in [0.3, 0.4) is 0 Å². The summed E-state index contributed by atoms with van der Waals surface area (Å²) in [6, 6.07) is 0. The van der Waals surface area contributed by atoms with Crippen LogP contribution in [0.1, 0.15) is 39.5 Å². The van der Waals surface area contributed by atoms with Crippen molar-refractivity contribution in [3.8, 4) is 0 Å². The molecule has 0 radical (unpaired) electrons. The van der Waals surface area contributed by atoms with Gasteiger partial charge in [0.25, 0.3) is 0 Å². The number of ketones is 1. The summed E-state index contributed by atoms with van der Waals surface area (Å²) in [7, 11) is 0. The Morgan fingerprint density at radius 3 is 1.73 bits per heavy atom. The monoisotopic (exact) mass is 212 g/mol. The number of hydrogen-bond donors (Lipinski definition) is 0. The number of esters is 2. The third kappa shape index (κ3) is 3.15. The first-order valence-electron chi connectivity index (χ1n) is 5.25. The minimum Gasteiger partial charge on any atom is -0.393 e. The van der Waals surface area contributed by atoms with Gasteiger partial charge < -0.3 is 9.53 Å². The van der Waals surface area contributed by atoms with Crippen molar-refractivity contribution in [1.82, 2.24) is 0 Å². The van der Waals surface area contributed by atoms with Crippen LogP contribution in [0.2, 0.25) is 0 Å². The summed E-state index contributed by atoms with van der Waals surface area (Å²) in [6.07, 6.45) is 3.80. The third-order valence-corrected chi connectivity index (χ3v) is 2.57. The Hall–Kier alpha value is -1.19. The van der Waals surface area contributed by atoms with E-state index in [9.17, 15) is 14.4 Å². The maximum atomic E-state index is 11.0. The first kappa shape index (κ1) is 11.9. The van der Waals surface area contributed by atoms with Crippen molar-refractivity contribution in [1.29, 1.82) is 0 Å². The van der Waals surface area contributed by atoms with E-state index in [-0.39, 0.29) is 29.6 Å². The molecule has 0 spiro atoms. The van der Waals surface area contributed by atoms with E-state index in [0.29, 0.717) is 0 Å². The Morgan fingerprint density at radius 1 is 1.07 bits per heavy atom. The smallest absolute Gasteiger partial charge is 0.317 e. The van der Waals surface area contributed by atoms with Gasteiger partial charge in [-0.2, -0.15) is 0 Å². The maximum Gasteiger partial charge on any atom is 0.317 e. The second kappa shape index (κ2) is 5.05. The van der Waals surface area contributed by atoms with Gasteiger partial charge in [-0.1, -0.05) is 12.8 Å². The molecule has 84 valence electrons. The molecule has 2 rings (SSSR count). The number of carbonyl (C=O) groups is 3. The normalized spacial score (nSPS) is 28.7. The van der Waals surface area contributed by atoms with Crippen molar-refractivity contribution in [2.45, 2.75) is 39.5 Å². The first-order chi connectivity index (χ1) is 7.02. The minimum absolute atomic E-state index is 0.101. The molecule has 0 aromatic carbocycles. The van der Waals surface area contributed by atoms with Crippen LogP contribution < -0.4 is 0 Å². The van der Waals surface area contributed by atoms with Gasteiger partial charge in [-0.05, 0) is 26.7 Å². The molecule has 1 saturated carbocycles. The van der Waals surface area contributed by atoms with Crippen LogP contribution in [0.5, 0.6) is 0 Å². The van der Waals surface area contributed by atoms with Gasteiger partial charge >= 0.3 is 11.9 Å². The van der Waals surface area contributed by atoms with E-state index in [1.807, 2.05) is 0 Å². The Balaban J connectivity index is 0.000000245. The summed E-state index contributed by atoms with van der Waals surface area (Å²) in [4.78, 5) is 31.4. The van der Waals surface area contributed by atoms with E-state index >= 15 is 0 Å². The van der Waals surface area contributed by atoms with Gasteiger partial charge in [0.05, 0.1) is 11.8 Å². The molecule has 2 aliphatic rings. The van der Waals surface area contributed by atoms with Crippen molar-refractivity contribution in [3.63, 3.8) is 0 Å². The lowest BCUT2D eigenvalue weighted by Gasteiger charge is -2.18. The fraction of sp³-hybridized carbons (Fsp3) is 0.727. The van der Waals surface area contributed by atoms with Crippen LogP contribution >= 0.6 is 0 Å². The summed E-state index contributed by atoms with van der Waals surface area (Å²) in [6.45, 7) is 3.06. The molecule has 1 aliphatic heterocycles. The number of fused-ring (bicyclic) bond motifs is 1. The Kier molecular flexibility index (Phi) is 4.00. The Bertz CT molecular complexity index is 256. The van der Waals surface area contributed by atoms with Gasteiger partial charge in [-0.25, -0.2) is 0 Å². The van der Waals surface area contributed by atoms with Crippen LogP contribution in [0.25, 0.3) is 0 Å². The van der Waals surface area contributed by atoms with E-state index < -0.39 is 0 Å². The molecule has 1 heterocycles. The lowest BCUT2D eigenvalue weighted by atomic mass is 9.81. The SMILES string of the molecule is CC(C)=O.O=C1OC(=O)C2CCCCC12. The van der Waals surface area contributed by atoms with E-state index in [1.54, 1.807) is 0 Å². The largest absolute Gasteiger partial charge is 0.393 e. The number of carbonyl (C=O) groups excluding carboxylic acids is 3. The highest BCUT2D eigenvalue weighted by atomic mass is 16.6. The van der Waals surface area contributed by atoms with Crippen LogP contribution in [0.4, 0.5) is 0 Å². The van der Waals surface area contributed by atoms with Gasteiger partial charge in [-0.3, -0.25) is 9.59 Å². The average molecular weight is 212 g/mol. The van der Waals surface area contributed by atoms with Crippen molar-refractivity contribution in [2.75, 3.05) is 0 Å². The fourth-order valence-corrected chi connectivity index (χ4v) is 1.95. The standard InChI is InChI=1S/C8H10O3.C3H6O/c9-7-5-3-1-2-4-6(5)8(10)11-7;1-3(2)4/h5-6H,1-4H2;1-2H3. The molecule has 0 aromatic heterocycles. The highest BCUT2D eigenvalue weighted by Crippen LogP contribution is 2.36. The zero-order valence-electron chi connectivity index (χ0n) is 9.12. The van der Waals surface area contributed by atoms with E-state index in [1.165, 1.54) is 13.8 Å². The summed E-state index contributed by atoms with van der Waals surface area (Å²) >= 11 is 0. The molecule has 0 aromatic rings. The number of cyclic esters (lactones) is 2. The molecule has 4 nitrogen and oxygen atoms in total. The molecule has 1 aliphatic carbocycles. The predicted molar refractivity (Wildman–Crippen MR) is 52.9 cm³/mol. The molecule has 2 unspecified atom stereocenters. The summed E-state index contributed by atoms with van der Waals surface area (Å²) in [5.41, 5.74) is 0. The summed E-state index contributed by atoms with van der Waals surface area (Å²) in [5, 5.41) is 0. The van der Waals surface area contributed by atoms with E-state index in [0.717, 1.165) is 25.7 Å². The molecular formula is C11H16O4. The predicted octanol–water partition coefficient (Wildman–Crippen LogP) is 1.47. The van der Waals surface area contributed by atoms with Crippen LogP contribution in [-0.4, -0.2) is 17.7 Å². The molecule has 2 atom stereocenters. The molecule has 1 saturated heterocycles. The number of rotatable bonds is 0. The zero-order valence-corrected chi connectivity index (χ0v) is 9.12. The van der Waals surface area contributed by atoms with Crippen molar-refractivity contribution in [2.24, 2.45) is 11.8 Å². The minimum atomic E-state index is -0.292.